The van der Waals surface area contributed by atoms with E-state index in [1.807, 2.05) is 37.1 Å². The molecule has 0 unspecified atom stereocenters. The molecule has 0 fully saturated rings. The van der Waals surface area contributed by atoms with Crippen LogP contribution in [0.2, 0.25) is 0 Å². The zero-order valence-electron chi connectivity index (χ0n) is 10.2. The van der Waals surface area contributed by atoms with E-state index in [0.29, 0.717) is 0 Å². The van der Waals surface area contributed by atoms with Crippen LogP contribution < -0.4 is 10.6 Å². The molecule has 0 heterocycles. The average Bonchev–Trinajstić information content (AvgIpc) is 2.35. The summed E-state index contributed by atoms with van der Waals surface area (Å²) in [5.74, 6) is -0.396. The van der Waals surface area contributed by atoms with Crippen LogP contribution in [0.25, 0.3) is 0 Å². The Morgan fingerprint density at radius 3 is 2.56 bits per heavy atom. The van der Waals surface area contributed by atoms with Crippen molar-refractivity contribution in [3.05, 3.63) is 52.3 Å². The van der Waals surface area contributed by atoms with Crippen molar-refractivity contribution in [2.45, 2.75) is 6.92 Å². The molecule has 0 bridgehead atoms. The van der Waals surface area contributed by atoms with E-state index in [1.165, 1.54) is 6.07 Å². The molecule has 0 saturated heterocycles. The highest BCUT2D eigenvalue weighted by atomic mass is 79.9. The third-order valence-corrected chi connectivity index (χ3v) is 3.40. The van der Waals surface area contributed by atoms with Gasteiger partial charge in [-0.3, -0.25) is 0 Å². The van der Waals surface area contributed by atoms with Gasteiger partial charge in [-0.1, -0.05) is 22.0 Å². The SMILES string of the molecule is Cc1ccc(Br)cc1N(C)c1ccc(N)c(F)c1. The maximum Gasteiger partial charge on any atom is 0.148 e. The highest BCUT2D eigenvalue weighted by molar-refractivity contribution is 9.10. The standard InChI is InChI=1S/C14H14BrFN2/c1-9-3-4-10(15)7-14(9)18(2)11-5-6-13(17)12(16)8-11/h3-8H,17H2,1-2H3. The van der Waals surface area contributed by atoms with Crippen LogP contribution in [0.5, 0.6) is 0 Å². The maximum atomic E-state index is 13.5. The van der Waals surface area contributed by atoms with Crippen LogP contribution in [0.1, 0.15) is 5.56 Å². The highest BCUT2D eigenvalue weighted by Crippen LogP contribution is 2.30. The molecule has 94 valence electrons. The van der Waals surface area contributed by atoms with Crippen LogP contribution in [0, 0.1) is 12.7 Å². The molecule has 2 rings (SSSR count). The number of anilines is 3. The first-order chi connectivity index (χ1) is 8.49. The number of aryl methyl sites for hydroxylation is 1. The summed E-state index contributed by atoms with van der Waals surface area (Å²) in [4.78, 5) is 1.93. The van der Waals surface area contributed by atoms with Crippen LogP contribution in [0.4, 0.5) is 21.5 Å². The molecule has 0 aliphatic heterocycles. The molecule has 0 aliphatic carbocycles. The van der Waals surface area contributed by atoms with Crippen molar-refractivity contribution in [2.75, 3.05) is 17.7 Å². The quantitative estimate of drug-likeness (QED) is 0.841. The van der Waals surface area contributed by atoms with Crippen molar-refractivity contribution in [1.82, 2.24) is 0 Å². The lowest BCUT2D eigenvalue weighted by molar-refractivity contribution is 0.632. The third-order valence-electron chi connectivity index (χ3n) is 2.90. The predicted molar refractivity (Wildman–Crippen MR) is 77.8 cm³/mol. The zero-order chi connectivity index (χ0) is 13.3. The van der Waals surface area contributed by atoms with Gasteiger partial charge in [0.25, 0.3) is 0 Å². The molecule has 0 aliphatic rings. The first kappa shape index (κ1) is 12.9. The van der Waals surface area contributed by atoms with Gasteiger partial charge in [0.2, 0.25) is 0 Å². The Labute approximate surface area is 114 Å². The summed E-state index contributed by atoms with van der Waals surface area (Å²) >= 11 is 3.44. The van der Waals surface area contributed by atoms with Gasteiger partial charge in [-0.2, -0.15) is 0 Å². The smallest absolute Gasteiger partial charge is 0.148 e. The molecule has 0 saturated carbocycles. The van der Waals surface area contributed by atoms with Gasteiger partial charge in [0.1, 0.15) is 5.82 Å². The molecule has 18 heavy (non-hydrogen) atoms. The number of hydrogen-bond acceptors (Lipinski definition) is 2. The molecule has 0 aromatic heterocycles. The van der Waals surface area contributed by atoms with E-state index >= 15 is 0 Å². The number of nitrogens with two attached hydrogens (primary N) is 1. The van der Waals surface area contributed by atoms with E-state index in [-0.39, 0.29) is 5.69 Å². The Morgan fingerprint density at radius 2 is 1.89 bits per heavy atom. The van der Waals surface area contributed by atoms with E-state index < -0.39 is 5.82 Å². The minimum Gasteiger partial charge on any atom is -0.396 e. The summed E-state index contributed by atoms with van der Waals surface area (Å²) < 4.78 is 14.5. The number of benzene rings is 2. The Bertz CT molecular complexity index is 584. The summed E-state index contributed by atoms with van der Waals surface area (Å²) in [6, 6.07) is 10.8. The van der Waals surface area contributed by atoms with Gasteiger partial charge in [0, 0.05) is 22.9 Å². The first-order valence-corrected chi connectivity index (χ1v) is 6.33. The molecule has 0 radical (unpaired) electrons. The van der Waals surface area contributed by atoms with Crippen molar-refractivity contribution < 1.29 is 4.39 Å². The van der Waals surface area contributed by atoms with Crippen molar-refractivity contribution in [2.24, 2.45) is 0 Å². The summed E-state index contributed by atoms with van der Waals surface area (Å²) in [6.07, 6.45) is 0. The van der Waals surface area contributed by atoms with Gasteiger partial charge in [0.05, 0.1) is 5.69 Å². The van der Waals surface area contributed by atoms with Gasteiger partial charge in [-0.15, -0.1) is 0 Å². The lowest BCUT2D eigenvalue weighted by Crippen LogP contribution is -2.11. The second kappa shape index (κ2) is 4.98. The van der Waals surface area contributed by atoms with Crippen molar-refractivity contribution >= 4 is 33.0 Å². The van der Waals surface area contributed by atoms with Gasteiger partial charge in [-0.25, -0.2) is 4.39 Å². The van der Waals surface area contributed by atoms with Gasteiger partial charge in [-0.05, 0) is 42.8 Å². The molecule has 0 spiro atoms. The predicted octanol–water partition coefficient (Wildman–Crippen LogP) is 4.25. The fourth-order valence-corrected chi connectivity index (χ4v) is 2.16. The van der Waals surface area contributed by atoms with Crippen LogP contribution in [0.15, 0.2) is 40.9 Å². The van der Waals surface area contributed by atoms with E-state index in [4.69, 9.17) is 5.73 Å². The van der Waals surface area contributed by atoms with Gasteiger partial charge >= 0.3 is 0 Å². The molecule has 2 nitrogen and oxygen atoms in total. The van der Waals surface area contributed by atoms with Crippen molar-refractivity contribution in [1.29, 1.82) is 0 Å². The molecule has 0 amide bonds. The van der Waals surface area contributed by atoms with Crippen LogP contribution >= 0.6 is 15.9 Å². The molecule has 2 N–H and O–H groups in total. The van der Waals surface area contributed by atoms with Crippen LogP contribution in [-0.4, -0.2) is 7.05 Å². The lowest BCUT2D eigenvalue weighted by atomic mass is 10.1. The van der Waals surface area contributed by atoms with Crippen molar-refractivity contribution in [3.63, 3.8) is 0 Å². The minimum absolute atomic E-state index is 0.165. The fraction of sp³-hybridized carbons (Fsp3) is 0.143. The normalized spacial score (nSPS) is 10.4. The Kier molecular flexibility index (Phi) is 3.57. The average molecular weight is 309 g/mol. The molecule has 0 atom stereocenters. The summed E-state index contributed by atoms with van der Waals surface area (Å²) in [5, 5.41) is 0. The molecule has 2 aromatic carbocycles. The second-order valence-corrected chi connectivity index (χ2v) is 5.11. The summed E-state index contributed by atoms with van der Waals surface area (Å²) in [6.45, 7) is 2.02. The lowest BCUT2D eigenvalue weighted by Gasteiger charge is -2.22. The van der Waals surface area contributed by atoms with Gasteiger partial charge < -0.3 is 10.6 Å². The molecular formula is C14H14BrFN2. The van der Waals surface area contributed by atoms with Crippen LogP contribution in [0.3, 0.4) is 0 Å². The monoisotopic (exact) mass is 308 g/mol. The maximum absolute atomic E-state index is 13.5. The minimum atomic E-state index is -0.396. The Balaban J connectivity index is 2.44. The molecule has 4 heteroatoms. The number of nitrogen functional groups attached to an aromatic ring is 1. The zero-order valence-corrected chi connectivity index (χ0v) is 11.8. The summed E-state index contributed by atoms with van der Waals surface area (Å²) in [7, 11) is 1.90. The third kappa shape index (κ3) is 2.48. The van der Waals surface area contributed by atoms with Crippen LogP contribution in [-0.2, 0) is 0 Å². The highest BCUT2D eigenvalue weighted by Gasteiger charge is 2.09. The molecular weight excluding hydrogens is 295 g/mol. The number of nitrogens with zero attached hydrogens (tertiary/aromatic N) is 1. The van der Waals surface area contributed by atoms with E-state index in [2.05, 4.69) is 15.9 Å². The largest absolute Gasteiger partial charge is 0.396 e. The fourth-order valence-electron chi connectivity index (χ4n) is 1.81. The van der Waals surface area contributed by atoms with E-state index in [9.17, 15) is 4.39 Å². The number of rotatable bonds is 2. The topological polar surface area (TPSA) is 29.3 Å². The number of halogens is 2. The number of hydrogen-bond donors (Lipinski definition) is 1. The molecule has 2 aromatic rings. The van der Waals surface area contributed by atoms with E-state index in [1.54, 1.807) is 12.1 Å². The Hall–Kier alpha value is -1.55. The Morgan fingerprint density at radius 1 is 1.17 bits per heavy atom. The second-order valence-electron chi connectivity index (χ2n) is 4.20. The van der Waals surface area contributed by atoms with Gasteiger partial charge in [0.15, 0.2) is 0 Å². The first-order valence-electron chi connectivity index (χ1n) is 5.54. The van der Waals surface area contributed by atoms with Crippen molar-refractivity contribution in [3.8, 4) is 0 Å². The summed E-state index contributed by atoms with van der Waals surface area (Å²) in [5.41, 5.74) is 8.56. The van der Waals surface area contributed by atoms with E-state index in [0.717, 1.165) is 21.4 Å².